The maximum Gasteiger partial charge on any atom is 0.271 e. The summed E-state index contributed by atoms with van der Waals surface area (Å²) in [6, 6.07) is 28.1. The third-order valence-corrected chi connectivity index (χ3v) is 7.10. The molecule has 1 amide bonds. The molecule has 1 atom stereocenters. The van der Waals surface area contributed by atoms with Crippen molar-refractivity contribution in [1.82, 2.24) is 10.3 Å². The topological polar surface area (TPSA) is 64.9 Å². The zero-order valence-electron chi connectivity index (χ0n) is 19.9. The summed E-state index contributed by atoms with van der Waals surface area (Å²) in [7, 11) is 0. The number of halogens is 1. The van der Waals surface area contributed by atoms with Gasteiger partial charge in [-0.05, 0) is 59.5 Å². The molecule has 0 radical (unpaired) electrons. The molecule has 2 N–H and O–H groups in total. The fourth-order valence-corrected chi connectivity index (χ4v) is 5.14. The van der Waals surface area contributed by atoms with Crippen molar-refractivity contribution in [2.45, 2.75) is 31.8 Å². The van der Waals surface area contributed by atoms with Gasteiger partial charge in [-0.15, -0.1) is 0 Å². The molecule has 0 spiro atoms. The van der Waals surface area contributed by atoms with Crippen LogP contribution in [0.25, 0.3) is 10.8 Å². The Morgan fingerprint density at radius 3 is 2.58 bits per heavy atom. The molecule has 0 bridgehead atoms. The van der Waals surface area contributed by atoms with E-state index in [1.807, 2.05) is 6.07 Å². The summed E-state index contributed by atoms with van der Waals surface area (Å²) < 4.78 is 0. The molecule has 1 aliphatic rings. The van der Waals surface area contributed by atoms with Gasteiger partial charge in [-0.3, -0.25) is 9.69 Å². The van der Waals surface area contributed by atoms with Gasteiger partial charge in [0.05, 0.1) is 11.2 Å². The van der Waals surface area contributed by atoms with E-state index in [0.29, 0.717) is 11.6 Å². The van der Waals surface area contributed by atoms with Gasteiger partial charge in [0.1, 0.15) is 5.75 Å². The Morgan fingerprint density at radius 1 is 1.00 bits per heavy atom. The van der Waals surface area contributed by atoms with Crippen LogP contribution in [0.15, 0.2) is 90.0 Å². The Balaban J connectivity index is 1.36. The number of piperidine rings is 1. The molecule has 1 unspecified atom stereocenters. The monoisotopic (exact) mass is 497 g/mol. The second-order valence-electron chi connectivity index (χ2n) is 9.12. The minimum atomic E-state index is -0.397. The number of hydrazone groups is 1. The Hall–Kier alpha value is -3.67. The number of aromatic hydroxyl groups is 1. The van der Waals surface area contributed by atoms with Gasteiger partial charge < -0.3 is 5.11 Å². The second-order valence-corrected chi connectivity index (χ2v) is 9.52. The zero-order valence-corrected chi connectivity index (χ0v) is 20.7. The smallest absolute Gasteiger partial charge is 0.271 e. The molecule has 0 saturated carbocycles. The third-order valence-electron chi connectivity index (χ3n) is 6.80. The molecular formula is C30H28ClN3O2. The van der Waals surface area contributed by atoms with Crippen LogP contribution in [0, 0.1) is 0 Å². The lowest BCUT2D eigenvalue weighted by molar-refractivity contribution is 0.0955. The number of nitrogens with zero attached hydrogens (tertiary/aromatic N) is 2. The molecule has 4 aromatic rings. The summed E-state index contributed by atoms with van der Waals surface area (Å²) in [4.78, 5) is 15.0. The molecule has 1 fully saturated rings. The Morgan fingerprint density at radius 2 is 1.78 bits per heavy atom. The van der Waals surface area contributed by atoms with E-state index < -0.39 is 5.91 Å². The first-order valence-corrected chi connectivity index (χ1v) is 12.6. The standard InChI is InChI=1S/C30H28ClN3O2/c31-27-18-22(15-16-29(27)35)30(36)33-32-19-23-13-14-24(26-11-5-4-10-25(23)26)20-34-17-7-6-12-28(34)21-8-2-1-3-9-21/h1-5,8-11,13-16,18-19,28,35H,6-7,12,17,20H2,(H,33,36). The van der Waals surface area contributed by atoms with E-state index in [1.165, 1.54) is 54.0 Å². The highest BCUT2D eigenvalue weighted by Gasteiger charge is 2.24. The number of hydrogen-bond donors (Lipinski definition) is 2. The first kappa shape index (κ1) is 24.0. The summed E-state index contributed by atoms with van der Waals surface area (Å²) in [5, 5.41) is 16.1. The van der Waals surface area contributed by atoms with Crippen LogP contribution in [0.5, 0.6) is 5.75 Å². The van der Waals surface area contributed by atoms with Crippen molar-refractivity contribution in [1.29, 1.82) is 0 Å². The first-order chi connectivity index (χ1) is 17.6. The van der Waals surface area contributed by atoms with Crippen LogP contribution in [0.3, 0.4) is 0 Å². The van der Waals surface area contributed by atoms with Gasteiger partial charge in [-0.25, -0.2) is 5.43 Å². The molecular weight excluding hydrogens is 470 g/mol. The lowest BCUT2D eigenvalue weighted by Crippen LogP contribution is -2.33. The van der Waals surface area contributed by atoms with E-state index in [-0.39, 0.29) is 10.8 Å². The van der Waals surface area contributed by atoms with Crippen molar-refractivity contribution in [3.05, 3.63) is 112 Å². The van der Waals surface area contributed by atoms with E-state index in [0.717, 1.165) is 24.0 Å². The lowest BCUT2D eigenvalue weighted by atomic mass is 9.93. The molecule has 4 aromatic carbocycles. The highest BCUT2D eigenvalue weighted by molar-refractivity contribution is 6.32. The molecule has 6 heteroatoms. The summed E-state index contributed by atoms with van der Waals surface area (Å²) >= 11 is 5.91. The summed E-state index contributed by atoms with van der Waals surface area (Å²) in [5.41, 5.74) is 6.47. The number of carbonyl (C=O) groups is 1. The SMILES string of the molecule is O=C(NN=Cc1ccc(CN2CCCCC2c2ccccc2)c2ccccc12)c1ccc(O)c(Cl)c1. The largest absolute Gasteiger partial charge is 0.506 e. The normalized spacial score (nSPS) is 16.4. The Kier molecular flexibility index (Phi) is 7.31. The molecule has 0 aromatic heterocycles. The molecule has 1 saturated heterocycles. The molecule has 182 valence electrons. The second kappa shape index (κ2) is 10.9. The summed E-state index contributed by atoms with van der Waals surface area (Å²) in [5.74, 6) is -0.464. The lowest BCUT2D eigenvalue weighted by Gasteiger charge is -2.36. The number of hydrogen-bond acceptors (Lipinski definition) is 4. The van der Waals surface area contributed by atoms with Crippen molar-refractivity contribution >= 4 is 34.5 Å². The van der Waals surface area contributed by atoms with Crippen molar-refractivity contribution in [3.8, 4) is 5.75 Å². The summed E-state index contributed by atoms with van der Waals surface area (Å²) in [6.45, 7) is 1.97. The van der Waals surface area contributed by atoms with E-state index in [9.17, 15) is 9.90 Å². The van der Waals surface area contributed by atoms with Crippen molar-refractivity contribution in [2.24, 2.45) is 5.10 Å². The maximum absolute atomic E-state index is 12.4. The van der Waals surface area contributed by atoms with Gasteiger partial charge in [0.15, 0.2) is 0 Å². The van der Waals surface area contributed by atoms with Gasteiger partial charge >= 0.3 is 0 Å². The number of amides is 1. The number of carbonyl (C=O) groups excluding carboxylic acids is 1. The van der Waals surface area contributed by atoms with Gasteiger partial charge in [0.25, 0.3) is 5.91 Å². The minimum absolute atomic E-state index is 0.0667. The van der Waals surface area contributed by atoms with Crippen molar-refractivity contribution < 1.29 is 9.90 Å². The van der Waals surface area contributed by atoms with Crippen LogP contribution < -0.4 is 5.43 Å². The van der Waals surface area contributed by atoms with Crippen LogP contribution in [0.1, 0.15) is 52.4 Å². The van der Waals surface area contributed by atoms with E-state index in [2.05, 4.69) is 76.1 Å². The van der Waals surface area contributed by atoms with Crippen LogP contribution >= 0.6 is 11.6 Å². The van der Waals surface area contributed by atoms with Gasteiger partial charge in [-0.2, -0.15) is 5.10 Å². The van der Waals surface area contributed by atoms with Crippen molar-refractivity contribution in [3.63, 3.8) is 0 Å². The van der Waals surface area contributed by atoms with Crippen LogP contribution in [-0.4, -0.2) is 28.7 Å². The highest BCUT2D eigenvalue weighted by Crippen LogP contribution is 2.33. The Labute approximate surface area is 216 Å². The molecule has 5 rings (SSSR count). The number of phenols is 1. The average Bonchev–Trinajstić information content (AvgIpc) is 2.92. The van der Waals surface area contributed by atoms with Crippen LogP contribution in [-0.2, 0) is 6.54 Å². The quantitative estimate of drug-likeness (QED) is 0.230. The third kappa shape index (κ3) is 5.27. The number of benzene rings is 4. The number of phenolic OH excluding ortho intramolecular Hbond substituents is 1. The molecule has 5 nitrogen and oxygen atoms in total. The highest BCUT2D eigenvalue weighted by atomic mass is 35.5. The Bertz CT molecular complexity index is 1400. The zero-order chi connectivity index (χ0) is 24.9. The van der Waals surface area contributed by atoms with Crippen LogP contribution in [0.2, 0.25) is 5.02 Å². The minimum Gasteiger partial charge on any atom is -0.506 e. The van der Waals surface area contributed by atoms with Crippen molar-refractivity contribution in [2.75, 3.05) is 6.54 Å². The summed E-state index contributed by atoms with van der Waals surface area (Å²) in [6.07, 6.45) is 5.32. The van der Waals surface area contributed by atoms with Crippen LogP contribution in [0.4, 0.5) is 0 Å². The van der Waals surface area contributed by atoms with E-state index in [4.69, 9.17) is 11.6 Å². The molecule has 1 aliphatic heterocycles. The molecule has 1 heterocycles. The maximum atomic E-state index is 12.4. The number of likely N-dealkylation sites (tertiary alicyclic amines) is 1. The number of rotatable bonds is 6. The number of nitrogens with one attached hydrogen (secondary N) is 1. The van der Waals surface area contributed by atoms with Gasteiger partial charge in [-0.1, -0.05) is 84.8 Å². The molecule has 0 aliphatic carbocycles. The fraction of sp³-hybridized carbons (Fsp3) is 0.200. The van der Waals surface area contributed by atoms with E-state index >= 15 is 0 Å². The van der Waals surface area contributed by atoms with Gasteiger partial charge in [0.2, 0.25) is 0 Å². The fourth-order valence-electron chi connectivity index (χ4n) is 4.96. The predicted molar refractivity (Wildman–Crippen MR) is 146 cm³/mol. The van der Waals surface area contributed by atoms with E-state index in [1.54, 1.807) is 6.21 Å². The first-order valence-electron chi connectivity index (χ1n) is 12.2. The molecule has 36 heavy (non-hydrogen) atoms. The van der Waals surface area contributed by atoms with Gasteiger partial charge in [0, 0.05) is 23.7 Å². The predicted octanol–water partition coefficient (Wildman–Crippen LogP) is 6.69. The average molecular weight is 498 g/mol. The number of fused-ring (bicyclic) bond motifs is 1.